The minimum atomic E-state index is 0.634. The number of aryl methyl sites for hydroxylation is 3. The minimum absolute atomic E-state index is 0.634. The highest BCUT2D eigenvalue weighted by Gasteiger charge is 2.18. The maximum Gasteiger partial charge on any atom is 0.235 e. The highest BCUT2D eigenvalue weighted by molar-refractivity contribution is 7.19. The first kappa shape index (κ1) is 12.2. The van der Waals surface area contributed by atoms with Crippen molar-refractivity contribution >= 4 is 16.3 Å². The number of rotatable bonds is 2. The first-order chi connectivity index (χ1) is 10.1. The van der Waals surface area contributed by atoms with Crippen LogP contribution >= 0.6 is 11.3 Å². The fourth-order valence-corrected chi connectivity index (χ4v) is 2.95. The third-order valence-corrected chi connectivity index (χ3v) is 3.97. The average molecular weight is 301 g/mol. The molecule has 8 nitrogen and oxygen atoms in total. The zero-order valence-electron chi connectivity index (χ0n) is 11.6. The highest BCUT2D eigenvalue weighted by atomic mass is 32.1. The Kier molecular flexibility index (Phi) is 2.45. The lowest BCUT2D eigenvalue weighted by atomic mass is 10.3. The largest absolute Gasteiger partial charge is 0.353 e. The number of aromatic nitrogens is 7. The van der Waals surface area contributed by atoms with E-state index in [2.05, 4.69) is 25.6 Å². The predicted octanol–water partition coefficient (Wildman–Crippen LogP) is 1.86. The van der Waals surface area contributed by atoms with Gasteiger partial charge in [-0.3, -0.25) is 4.68 Å². The van der Waals surface area contributed by atoms with Crippen LogP contribution in [0.15, 0.2) is 16.7 Å². The third-order valence-electron chi connectivity index (χ3n) is 3.06. The van der Waals surface area contributed by atoms with Crippen LogP contribution < -0.4 is 0 Å². The van der Waals surface area contributed by atoms with Crippen LogP contribution in [-0.4, -0.2) is 34.7 Å². The Labute approximate surface area is 123 Å². The van der Waals surface area contributed by atoms with Crippen molar-refractivity contribution in [3.63, 3.8) is 0 Å². The molecular formula is C12H11N7OS. The van der Waals surface area contributed by atoms with Crippen LogP contribution in [0.2, 0.25) is 0 Å². The van der Waals surface area contributed by atoms with Gasteiger partial charge in [-0.2, -0.15) is 9.61 Å². The smallest absolute Gasteiger partial charge is 0.235 e. The molecule has 0 unspecified atom stereocenters. The SMILES string of the molecule is Cc1cc(-c2nn3c(-c4cc(C)nn4C)nnc3s2)on1. The molecule has 0 aliphatic rings. The van der Waals surface area contributed by atoms with Crippen LogP contribution in [0.4, 0.5) is 0 Å². The van der Waals surface area contributed by atoms with E-state index in [1.807, 2.05) is 33.0 Å². The van der Waals surface area contributed by atoms with Gasteiger partial charge in [0, 0.05) is 13.1 Å². The van der Waals surface area contributed by atoms with Crippen LogP contribution in [0.25, 0.3) is 27.2 Å². The second-order valence-corrected chi connectivity index (χ2v) is 5.71. The van der Waals surface area contributed by atoms with Gasteiger partial charge in [0.1, 0.15) is 5.69 Å². The van der Waals surface area contributed by atoms with E-state index in [0.29, 0.717) is 16.5 Å². The van der Waals surface area contributed by atoms with Gasteiger partial charge >= 0.3 is 0 Å². The summed E-state index contributed by atoms with van der Waals surface area (Å²) in [5, 5.41) is 21.8. The van der Waals surface area contributed by atoms with E-state index in [0.717, 1.165) is 22.1 Å². The maximum absolute atomic E-state index is 5.24. The summed E-state index contributed by atoms with van der Waals surface area (Å²) in [5.74, 6) is 1.29. The summed E-state index contributed by atoms with van der Waals surface area (Å²) in [6.07, 6.45) is 0. The molecule has 0 aromatic carbocycles. The summed E-state index contributed by atoms with van der Waals surface area (Å²) in [4.78, 5) is 0.702. The molecule has 0 saturated carbocycles. The van der Waals surface area contributed by atoms with Crippen LogP contribution in [0, 0.1) is 13.8 Å². The Bertz CT molecular complexity index is 944. The fraction of sp³-hybridized carbons (Fsp3) is 0.250. The standard InChI is InChI=1S/C12H11N7OS/c1-6-4-8(18(3)15-6)10-13-14-12-19(10)16-11(21-12)9-5-7(2)17-20-9/h4-5H,1-3H3. The van der Waals surface area contributed by atoms with Crippen molar-refractivity contribution in [2.45, 2.75) is 13.8 Å². The highest BCUT2D eigenvalue weighted by Crippen LogP contribution is 2.28. The first-order valence-electron chi connectivity index (χ1n) is 6.29. The van der Waals surface area contributed by atoms with E-state index in [4.69, 9.17) is 4.52 Å². The summed E-state index contributed by atoms with van der Waals surface area (Å²) in [6.45, 7) is 3.81. The molecule has 0 radical (unpaired) electrons. The zero-order chi connectivity index (χ0) is 14.6. The Balaban J connectivity index is 1.88. The maximum atomic E-state index is 5.24. The third kappa shape index (κ3) is 1.85. The fourth-order valence-electron chi connectivity index (χ4n) is 2.16. The molecule has 0 saturated heterocycles. The Morgan fingerprint density at radius 1 is 1.10 bits per heavy atom. The number of hydrogen-bond donors (Lipinski definition) is 0. The minimum Gasteiger partial charge on any atom is -0.353 e. The van der Waals surface area contributed by atoms with Crippen LogP contribution in [0.5, 0.6) is 0 Å². The van der Waals surface area contributed by atoms with Crippen molar-refractivity contribution in [2.75, 3.05) is 0 Å². The van der Waals surface area contributed by atoms with Gasteiger partial charge in [0.05, 0.1) is 11.4 Å². The zero-order valence-corrected chi connectivity index (χ0v) is 12.4. The summed E-state index contributed by atoms with van der Waals surface area (Å²) in [5.41, 5.74) is 2.61. The molecule has 4 aromatic heterocycles. The topological polar surface area (TPSA) is 86.9 Å². The Hall–Kier alpha value is -2.55. The summed E-state index contributed by atoms with van der Waals surface area (Å²) < 4.78 is 8.71. The van der Waals surface area contributed by atoms with E-state index in [9.17, 15) is 0 Å². The monoisotopic (exact) mass is 301 g/mol. The second kappa shape index (κ2) is 4.22. The molecule has 4 heterocycles. The lowest BCUT2D eigenvalue weighted by molar-refractivity contribution is 0.426. The molecule has 0 aliphatic carbocycles. The first-order valence-corrected chi connectivity index (χ1v) is 7.10. The van der Waals surface area contributed by atoms with Crippen molar-refractivity contribution in [1.82, 2.24) is 34.7 Å². The summed E-state index contributed by atoms with van der Waals surface area (Å²) >= 11 is 1.41. The van der Waals surface area contributed by atoms with Gasteiger partial charge in [-0.25, -0.2) is 0 Å². The van der Waals surface area contributed by atoms with Crippen molar-refractivity contribution in [3.8, 4) is 22.3 Å². The molecule has 4 rings (SSSR count). The van der Waals surface area contributed by atoms with Crippen LogP contribution in [0.1, 0.15) is 11.4 Å². The molecule has 0 N–H and O–H groups in total. The van der Waals surface area contributed by atoms with E-state index < -0.39 is 0 Å². The molecule has 0 fully saturated rings. The van der Waals surface area contributed by atoms with E-state index in [1.54, 1.807) is 9.20 Å². The van der Waals surface area contributed by atoms with E-state index in [1.165, 1.54) is 11.3 Å². The molecular weight excluding hydrogens is 290 g/mol. The van der Waals surface area contributed by atoms with E-state index in [-0.39, 0.29) is 0 Å². The van der Waals surface area contributed by atoms with Crippen molar-refractivity contribution < 1.29 is 4.52 Å². The molecule has 0 amide bonds. The van der Waals surface area contributed by atoms with Crippen molar-refractivity contribution in [1.29, 1.82) is 0 Å². The average Bonchev–Trinajstić information content (AvgIpc) is 3.13. The molecule has 0 bridgehead atoms. The molecule has 0 atom stereocenters. The predicted molar refractivity (Wildman–Crippen MR) is 75.8 cm³/mol. The number of hydrogen-bond acceptors (Lipinski definition) is 7. The molecule has 106 valence electrons. The lowest BCUT2D eigenvalue weighted by Gasteiger charge is -1.96. The van der Waals surface area contributed by atoms with Gasteiger partial charge in [0.15, 0.2) is 10.8 Å². The molecule has 0 spiro atoms. The van der Waals surface area contributed by atoms with Gasteiger partial charge < -0.3 is 4.52 Å². The summed E-state index contributed by atoms with van der Waals surface area (Å²) in [7, 11) is 1.87. The molecule has 9 heteroatoms. The van der Waals surface area contributed by atoms with Gasteiger partial charge in [-0.05, 0) is 19.9 Å². The normalized spacial score (nSPS) is 11.6. The van der Waals surface area contributed by atoms with Crippen LogP contribution in [-0.2, 0) is 7.05 Å². The van der Waals surface area contributed by atoms with Crippen molar-refractivity contribution in [2.24, 2.45) is 7.05 Å². The molecule has 4 aromatic rings. The van der Waals surface area contributed by atoms with Crippen LogP contribution in [0.3, 0.4) is 0 Å². The Morgan fingerprint density at radius 3 is 2.62 bits per heavy atom. The van der Waals surface area contributed by atoms with Gasteiger partial charge in [0.25, 0.3) is 0 Å². The summed E-state index contributed by atoms with van der Waals surface area (Å²) in [6, 6.07) is 3.80. The van der Waals surface area contributed by atoms with Crippen molar-refractivity contribution in [3.05, 3.63) is 23.5 Å². The Morgan fingerprint density at radius 2 is 1.95 bits per heavy atom. The second-order valence-electron chi connectivity index (χ2n) is 4.75. The quantitative estimate of drug-likeness (QED) is 0.561. The van der Waals surface area contributed by atoms with Gasteiger partial charge in [-0.15, -0.1) is 15.3 Å². The molecule has 21 heavy (non-hydrogen) atoms. The van der Waals surface area contributed by atoms with Gasteiger partial charge in [-0.1, -0.05) is 16.5 Å². The number of fused-ring (bicyclic) bond motifs is 1. The van der Waals surface area contributed by atoms with Gasteiger partial charge in [0.2, 0.25) is 10.8 Å². The lowest BCUT2D eigenvalue weighted by Crippen LogP contribution is -1.98. The van der Waals surface area contributed by atoms with E-state index >= 15 is 0 Å². The number of nitrogens with zero attached hydrogens (tertiary/aromatic N) is 7. The molecule has 0 aliphatic heterocycles.